The van der Waals surface area contributed by atoms with E-state index >= 15 is 0 Å². The molecule has 0 aliphatic carbocycles. The van der Waals surface area contributed by atoms with Crippen molar-refractivity contribution in [2.75, 3.05) is 131 Å². The number of thiazole rings is 1. The number of halogens is 2. The first-order valence-electron chi connectivity index (χ1n) is 29.9. The van der Waals surface area contributed by atoms with Crippen LogP contribution in [0.2, 0.25) is 10.0 Å². The Kier molecular flexibility index (Phi) is 29.3. The number of nitrogens with one attached hydrogen (secondary N) is 2. The Bertz CT molecular complexity index is 3080. The molecule has 3 N–H and O–H groups in total. The fourth-order valence-corrected chi connectivity index (χ4v) is 11.3. The Morgan fingerprint density at radius 2 is 1.45 bits per heavy atom. The molecular formula is C64H86Cl2N8O13S. The molecule has 2 saturated heterocycles. The number of β-amino-alcohol motifs (C(OH)–C–C–N with tert-alkyl or cyclic N) is 1. The summed E-state index contributed by atoms with van der Waals surface area (Å²) >= 11 is 14.3. The summed E-state index contributed by atoms with van der Waals surface area (Å²) in [5.74, 6) is 0.337. The van der Waals surface area contributed by atoms with Gasteiger partial charge < -0.3 is 63.4 Å². The summed E-state index contributed by atoms with van der Waals surface area (Å²) in [6.07, 6.45) is 2.30. The number of piperazine rings is 1. The number of carbonyl (C=O) groups excluding carboxylic acids is 4. The summed E-state index contributed by atoms with van der Waals surface area (Å²) in [7, 11) is 3.08. The van der Waals surface area contributed by atoms with Crippen LogP contribution in [0, 0.1) is 29.6 Å². The lowest BCUT2D eigenvalue weighted by molar-refractivity contribution is -0.146. The van der Waals surface area contributed by atoms with Crippen LogP contribution in [0.5, 0.6) is 17.2 Å². The quantitative estimate of drug-likeness (QED) is 0.0331. The van der Waals surface area contributed by atoms with Crippen molar-refractivity contribution in [3.63, 3.8) is 0 Å². The van der Waals surface area contributed by atoms with Gasteiger partial charge in [0.1, 0.15) is 23.6 Å². The third-order valence-corrected chi connectivity index (χ3v) is 16.5. The smallest absolute Gasteiger partial charge is 0.243 e. The van der Waals surface area contributed by atoms with Crippen molar-refractivity contribution in [3.05, 3.63) is 87.1 Å². The van der Waals surface area contributed by atoms with Gasteiger partial charge in [0.05, 0.1) is 135 Å². The first-order chi connectivity index (χ1) is 42.4. The lowest BCUT2D eigenvalue weighted by atomic mass is 9.76. The molecule has 3 atom stereocenters. The van der Waals surface area contributed by atoms with Crippen LogP contribution in [-0.2, 0) is 49.4 Å². The topological polar surface area (TPSA) is 246 Å². The molecule has 2 aliphatic heterocycles. The summed E-state index contributed by atoms with van der Waals surface area (Å²) in [6.45, 7) is 21.2. The van der Waals surface area contributed by atoms with E-state index in [9.17, 15) is 29.5 Å². The van der Waals surface area contributed by atoms with Gasteiger partial charge in [-0.25, -0.2) is 4.98 Å². The van der Waals surface area contributed by atoms with E-state index in [2.05, 4.69) is 31.6 Å². The van der Waals surface area contributed by atoms with Gasteiger partial charge in [-0.15, -0.1) is 11.3 Å². The molecule has 0 radical (unpaired) electrons. The lowest BCUT2D eigenvalue weighted by Crippen LogP contribution is -2.50. The van der Waals surface area contributed by atoms with Crippen LogP contribution in [0.15, 0.2) is 60.2 Å². The summed E-state index contributed by atoms with van der Waals surface area (Å²) in [5, 5.41) is 27.8. The highest BCUT2D eigenvalue weighted by molar-refractivity contribution is 7.13. The van der Waals surface area contributed by atoms with Crippen LogP contribution in [-0.4, -0.2) is 192 Å². The number of ketones is 1. The van der Waals surface area contributed by atoms with Crippen LogP contribution >= 0.6 is 34.5 Å². The Morgan fingerprint density at radius 3 is 2.07 bits per heavy atom. The third kappa shape index (κ3) is 21.5. The molecular weight excluding hydrogens is 1190 g/mol. The predicted molar refractivity (Wildman–Crippen MR) is 340 cm³/mol. The number of ether oxygens (including phenoxy) is 8. The van der Waals surface area contributed by atoms with Gasteiger partial charge in [0, 0.05) is 108 Å². The largest absolute Gasteiger partial charge is 0.495 e. The highest BCUT2D eigenvalue weighted by Crippen LogP contribution is 2.41. The fraction of sp³-hybridized carbons (Fsp3) is 0.547. The van der Waals surface area contributed by atoms with Gasteiger partial charge in [0.25, 0.3) is 0 Å². The fourth-order valence-electron chi connectivity index (χ4n) is 10.0. The zero-order chi connectivity index (χ0) is 63.6. The van der Waals surface area contributed by atoms with Gasteiger partial charge in [-0.1, -0.05) is 68.2 Å². The number of amides is 3. The van der Waals surface area contributed by atoms with Crippen molar-refractivity contribution in [1.82, 2.24) is 30.0 Å². The first kappa shape index (κ1) is 70.9. The van der Waals surface area contributed by atoms with Gasteiger partial charge in [-0.3, -0.25) is 29.1 Å². The third-order valence-electron chi connectivity index (χ3n) is 15.0. The van der Waals surface area contributed by atoms with Crippen molar-refractivity contribution in [2.45, 2.75) is 92.3 Å². The van der Waals surface area contributed by atoms with Crippen molar-refractivity contribution < 1.29 is 62.2 Å². The monoisotopic (exact) mass is 1280 g/mol. The van der Waals surface area contributed by atoms with Crippen molar-refractivity contribution in [1.29, 1.82) is 5.26 Å². The molecule has 0 unspecified atom stereocenters. The Hall–Kier alpha value is -6.23. The lowest BCUT2D eigenvalue weighted by Gasteiger charge is -2.34. The maximum atomic E-state index is 13.7. The number of nitrogens with zero attached hydrogens (tertiary/aromatic N) is 6. The molecule has 3 amide bonds. The molecule has 4 heterocycles. The average molecular weight is 1280 g/mol. The molecule has 0 saturated carbocycles. The second-order valence-corrected chi connectivity index (χ2v) is 23.8. The van der Waals surface area contributed by atoms with E-state index in [4.69, 9.17) is 61.1 Å². The van der Waals surface area contributed by atoms with Crippen LogP contribution < -0.4 is 24.8 Å². The van der Waals surface area contributed by atoms with Crippen LogP contribution in [0.25, 0.3) is 21.3 Å². The van der Waals surface area contributed by atoms with Gasteiger partial charge in [0.15, 0.2) is 11.5 Å². The van der Waals surface area contributed by atoms with E-state index in [0.29, 0.717) is 147 Å². The molecule has 2 aromatic heterocycles. The number of fused-ring (bicyclic) bond motifs is 1. The SMILES string of the molecule is CCOCCOCCC(=O)C[C@H](C(=O)N1C[C@H](O)C[C@H]1C(=O)NCc1ccc(-c2scnc2C)cc1)C(C)(C)C.CCOCCOCCOCCC(=O)N1CCN(CCCOc2cc3ncc(C#N)c(Nc4cc(OC)c(Cl)cc4Cl)c3cc2OC)CC1. The number of Topliss-reactive ketones (excluding diaryl/α,β-unsaturated/α-hetero) is 1. The zero-order valence-electron chi connectivity index (χ0n) is 52.0. The number of aliphatic hydroxyl groups excluding tert-OH is 1. The molecule has 0 bridgehead atoms. The minimum absolute atomic E-state index is 0.0592. The molecule has 88 heavy (non-hydrogen) atoms. The number of hydrogen-bond acceptors (Lipinski definition) is 19. The summed E-state index contributed by atoms with van der Waals surface area (Å²) in [4.78, 5) is 67.9. The van der Waals surface area contributed by atoms with Crippen LogP contribution in [0.4, 0.5) is 11.4 Å². The Labute approximate surface area is 531 Å². The summed E-state index contributed by atoms with van der Waals surface area (Å²) in [5.41, 5.74) is 6.28. The van der Waals surface area contributed by atoms with E-state index in [0.717, 1.165) is 47.8 Å². The minimum Gasteiger partial charge on any atom is -0.495 e. The Balaban J connectivity index is 0.000000286. The molecule has 480 valence electrons. The van der Waals surface area contributed by atoms with Crippen LogP contribution in [0.3, 0.4) is 0 Å². The summed E-state index contributed by atoms with van der Waals surface area (Å²) in [6, 6.07) is 16.2. The molecule has 7 rings (SSSR count). The number of aliphatic hydroxyl groups is 1. The van der Waals surface area contributed by atoms with Gasteiger partial charge in [0.2, 0.25) is 17.7 Å². The number of likely N-dealkylation sites (tertiary alicyclic amines) is 1. The number of benzene rings is 3. The van der Waals surface area contributed by atoms with E-state index in [1.807, 2.05) is 76.2 Å². The number of methoxy groups -OCH3 is 2. The average Bonchev–Trinajstić information content (AvgIpc) is 3.90. The normalized spacial score (nSPS) is 15.5. The number of hydrogen-bond donors (Lipinski definition) is 3. The highest BCUT2D eigenvalue weighted by Gasteiger charge is 2.44. The molecule has 0 spiro atoms. The molecule has 2 aliphatic rings. The standard InChI is InChI=1S/C34H43Cl2N5O7.C30H43N3O6S/c1-4-45-14-15-47-17-16-46-13-6-33(42)41-10-8-40(9-11-41)7-5-12-48-32-20-28-25(18-31(32)44-3)34(24(22-37)23-38-28)39-29-21-30(43-2)27(36)19-26(29)35;1-6-38-13-14-39-12-11-23(34)15-25(30(3,4)5)29(37)33-18-24(35)16-26(33)28(36)31-17-21-7-9-22(10-8-21)27-20(2)32-19-40-27/h18-21,23H,4-17H2,1-3H3,(H,38,39);7-10,19,24-26,35H,6,11-18H2,1-5H3,(H,31,36)/t;24-,25-,26+/m.1/s1. The van der Waals surface area contributed by atoms with E-state index in [1.165, 1.54) is 18.2 Å². The molecule has 3 aromatic carbocycles. The maximum Gasteiger partial charge on any atom is 0.243 e. The summed E-state index contributed by atoms with van der Waals surface area (Å²) < 4.78 is 44.0. The number of aryl methyl sites for hydroxylation is 1. The molecule has 21 nitrogen and oxygen atoms in total. The van der Waals surface area contributed by atoms with Crippen LogP contribution in [0.1, 0.15) is 83.5 Å². The molecule has 24 heteroatoms. The second-order valence-electron chi connectivity index (χ2n) is 22.2. The zero-order valence-corrected chi connectivity index (χ0v) is 54.3. The number of pyridine rings is 1. The van der Waals surface area contributed by atoms with Gasteiger partial charge in [-0.05, 0) is 55.9 Å². The highest BCUT2D eigenvalue weighted by atomic mass is 35.5. The predicted octanol–water partition coefficient (Wildman–Crippen LogP) is 9.31. The number of aromatic nitrogens is 2. The van der Waals surface area contributed by atoms with Gasteiger partial charge in [-0.2, -0.15) is 5.26 Å². The number of carbonyl (C=O) groups is 4. The molecule has 5 aromatic rings. The van der Waals surface area contributed by atoms with Gasteiger partial charge >= 0.3 is 0 Å². The maximum absolute atomic E-state index is 13.7. The van der Waals surface area contributed by atoms with Crippen molar-refractivity contribution in [2.24, 2.45) is 11.3 Å². The van der Waals surface area contributed by atoms with Crippen molar-refractivity contribution in [3.8, 4) is 33.8 Å². The second kappa shape index (κ2) is 36.4. The van der Waals surface area contributed by atoms with E-state index in [-0.39, 0.29) is 55.9 Å². The van der Waals surface area contributed by atoms with Crippen molar-refractivity contribution >= 4 is 80.3 Å². The molecule has 2 fully saturated rings. The van der Waals surface area contributed by atoms with E-state index < -0.39 is 23.5 Å². The minimum atomic E-state index is -0.795. The van der Waals surface area contributed by atoms with E-state index in [1.54, 1.807) is 42.7 Å². The number of rotatable bonds is 33. The number of nitriles is 1. The first-order valence-corrected chi connectivity index (χ1v) is 31.5. The Morgan fingerprint density at radius 1 is 0.807 bits per heavy atom. The number of anilines is 2.